The number of nitrogens with zero attached hydrogens (tertiary/aromatic N) is 1. The Morgan fingerprint density at radius 2 is 2.08 bits per heavy atom. The van der Waals surface area contributed by atoms with Gasteiger partial charge in [0.05, 0.1) is 31.0 Å². The average molecular weight is 386 g/mol. The van der Waals surface area contributed by atoms with Crippen molar-refractivity contribution in [3.63, 3.8) is 0 Å². The summed E-state index contributed by atoms with van der Waals surface area (Å²) in [7, 11) is 3.21. The molecule has 2 amide bonds. The van der Waals surface area contributed by atoms with E-state index in [1.54, 1.807) is 25.6 Å². The summed E-state index contributed by atoms with van der Waals surface area (Å²) in [5.41, 5.74) is 1.86. The molecule has 2 aromatic rings. The highest BCUT2D eigenvalue weighted by Crippen LogP contribution is 2.29. The van der Waals surface area contributed by atoms with Gasteiger partial charge < -0.3 is 20.1 Å². The normalized spacial score (nSPS) is 11.2. The van der Waals surface area contributed by atoms with Gasteiger partial charge >= 0.3 is 6.03 Å². The zero-order chi connectivity index (χ0) is 17.5. The van der Waals surface area contributed by atoms with Gasteiger partial charge in [-0.05, 0) is 32.0 Å². The molecule has 0 bridgehead atoms. The summed E-state index contributed by atoms with van der Waals surface area (Å²) in [6.45, 7) is 4.41. The first kappa shape index (κ1) is 21.1. The molecule has 0 saturated carbocycles. The second-order valence-electron chi connectivity index (χ2n) is 5.34. The van der Waals surface area contributed by atoms with Crippen molar-refractivity contribution < 1.29 is 14.3 Å². The van der Waals surface area contributed by atoms with Gasteiger partial charge in [0.25, 0.3) is 0 Å². The maximum atomic E-state index is 12.1. The monoisotopic (exact) mass is 385 g/mol. The maximum absolute atomic E-state index is 12.1. The number of nitrogens with one attached hydrogen (secondary N) is 2. The minimum Gasteiger partial charge on any atom is -0.497 e. The lowest BCUT2D eigenvalue weighted by Gasteiger charge is -2.18. The fourth-order valence-corrected chi connectivity index (χ4v) is 2.98. The molecule has 0 spiro atoms. The van der Waals surface area contributed by atoms with Crippen LogP contribution in [-0.2, 0) is 6.42 Å². The third kappa shape index (κ3) is 6.10. The molecular weight excluding hydrogens is 362 g/mol. The third-order valence-corrected chi connectivity index (χ3v) is 4.41. The molecule has 138 valence electrons. The molecule has 2 rings (SSSR count). The van der Waals surface area contributed by atoms with Crippen LogP contribution >= 0.6 is 23.7 Å². The Labute approximate surface area is 158 Å². The lowest BCUT2D eigenvalue weighted by atomic mass is 10.1. The topological polar surface area (TPSA) is 72.5 Å². The molecule has 1 aromatic heterocycles. The lowest BCUT2D eigenvalue weighted by molar-refractivity contribution is 0.237. The van der Waals surface area contributed by atoms with Gasteiger partial charge in [-0.15, -0.1) is 23.7 Å². The summed E-state index contributed by atoms with van der Waals surface area (Å²) < 4.78 is 10.6. The number of methoxy groups -OCH3 is 2. The number of hydrogen-bond donors (Lipinski definition) is 2. The summed E-state index contributed by atoms with van der Waals surface area (Å²) >= 11 is 1.61. The summed E-state index contributed by atoms with van der Waals surface area (Å²) in [5, 5.41) is 8.81. The van der Waals surface area contributed by atoms with Gasteiger partial charge in [0.1, 0.15) is 11.5 Å². The van der Waals surface area contributed by atoms with Gasteiger partial charge in [-0.2, -0.15) is 0 Å². The summed E-state index contributed by atoms with van der Waals surface area (Å²) in [6, 6.07) is 5.08. The van der Waals surface area contributed by atoms with E-state index in [1.807, 2.05) is 37.4 Å². The molecule has 1 heterocycles. The van der Waals surface area contributed by atoms with Crippen LogP contribution in [0.25, 0.3) is 0 Å². The quantitative estimate of drug-likeness (QED) is 0.765. The Morgan fingerprint density at radius 1 is 1.32 bits per heavy atom. The van der Waals surface area contributed by atoms with Gasteiger partial charge in [0.2, 0.25) is 0 Å². The molecule has 2 N–H and O–H groups in total. The van der Waals surface area contributed by atoms with Crippen LogP contribution in [0.3, 0.4) is 0 Å². The van der Waals surface area contributed by atoms with Crippen molar-refractivity contribution in [2.75, 3.05) is 20.8 Å². The number of aromatic nitrogens is 1. The van der Waals surface area contributed by atoms with Crippen LogP contribution in [0.5, 0.6) is 11.5 Å². The van der Waals surface area contributed by atoms with Crippen molar-refractivity contribution in [3.05, 3.63) is 39.8 Å². The minimum atomic E-state index is -0.223. The number of amides is 2. The highest BCUT2D eigenvalue weighted by atomic mass is 35.5. The van der Waals surface area contributed by atoms with Gasteiger partial charge in [0.15, 0.2) is 0 Å². The largest absolute Gasteiger partial charge is 0.497 e. The average Bonchev–Trinajstić information content (AvgIpc) is 2.99. The van der Waals surface area contributed by atoms with Gasteiger partial charge in [-0.25, -0.2) is 9.78 Å². The van der Waals surface area contributed by atoms with Crippen LogP contribution in [0, 0.1) is 6.92 Å². The van der Waals surface area contributed by atoms with E-state index in [9.17, 15) is 4.79 Å². The van der Waals surface area contributed by atoms with Crippen LogP contribution in [0.1, 0.15) is 29.2 Å². The second kappa shape index (κ2) is 10.1. The van der Waals surface area contributed by atoms with E-state index in [2.05, 4.69) is 15.6 Å². The summed E-state index contributed by atoms with van der Waals surface area (Å²) in [4.78, 5) is 16.4. The predicted molar refractivity (Wildman–Crippen MR) is 102 cm³/mol. The first-order valence-electron chi connectivity index (χ1n) is 7.70. The number of halogens is 1. The molecule has 0 aliphatic rings. The van der Waals surface area contributed by atoms with E-state index in [-0.39, 0.29) is 24.5 Å². The molecule has 1 aromatic carbocycles. The van der Waals surface area contributed by atoms with Crippen molar-refractivity contribution in [1.29, 1.82) is 0 Å². The molecule has 0 radical (unpaired) electrons. The van der Waals surface area contributed by atoms with Crippen LogP contribution in [0.15, 0.2) is 23.6 Å². The van der Waals surface area contributed by atoms with E-state index < -0.39 is 0 Å². The second-order valence-corrected chi connectivity index (χ2v) is 6.40. The highest BCUT2D eigenvalue weighted by Gasteiger charge is 2.15. The Kier molecular flexibility index (Phi) is 8.51. The number of benzene rings is 1. The number of urea groups is 1. The Bertz CT molecular complexity index is 694. The SMILES string of the molecule is COc1ccc(OC)c(C(C)NC(=O)NCCc2csc(C)n2)c1.Cl. The predicted octanol–water partition coefficient (Wildman–Crippen LogP) is 3.49. The first-order valence-corrected chi connectivity index (χ1v) is 8.58. The summed E-state index contributed by atoms with van der Waals surface area (Å²) in [5.74, 6) is 1.43. The zero-order valence-electron chi connectivity index (χ0n) is 14.8. The number of thiazole rings is 1. The molecule has 0 aliphatic heterocycles. The van der Waals surface area contributed by atoms with E-state index in [0.29, 0.717) is 18.7 Å². The molecule has 0 fully saturated rings. The zero-order valence-corrected chi connectivity index (χ0v) is 16.4. The number of hydrogen-bond acceptors (Lipinski definition) is 5. The van der Waals surface area contributed by atoms with Gasteiger partial charge in [-0.1, -0.05) is 0 Å². The fraction of sp³-hybridized carbons (Fsp3) is 0.412. The minimum absolute atomic E-state index is 0. The smallest absolute Gasteiger partial charge is 0.315 e. The molecule has 6 nitrogen and oxygen atoms in total. The van der Waals surface area contributed by atoms with Crippen LogP contribution in [0.4, 0.5) is 4.79 Å². The van der Waals surface area contributed by atoms with Gasteiger partial charge in [-0.3, -0.25) is 0 Å². The number of rotatable bonds is 7. The van der Waals surface area contributed by atoms with Crippen molar-refractivity contribution in [3.8, 4) is 11.5 Å². The summed E-state index contributed by atoms with van der Waals surface area (Å²) in [6.07, 6.45) is 0.717. The highest BCUT2D eigenvalue weighted by molar-refractivity contribution is 7.09. The number of aryl methyl sites for hydroxylation is 1. The Hall–Kier alpha value is -1.99. The first-order chi connectivity index (χ1) is 11.5. The van der Waals surface area contributed by atoms with Crippen LogP contribution < -0.4 is 20.1 Å². The Morgan fingerprint density at radius 3 is 2.68 bits per heavy atom. The Balaban J connectivity index is 0.00000312. The van der Waals surface area contributed by atoms with Crippen molar-refractivity contribution in [2.45, 2.75) is 26.3 Å². The lowest BCUT2D eigenvalue weighted by Crippen LogP contribution is -2.38. The van der Waals surface area contributed by atoms with Crippen molar-refractivity contribution in [1.82, 2.24) is 15.6 Å². The van der Waals surface area contributed by atoms with Crippen molar-refractivity contribution >= 4 is 29.8 Å². The third-order valence-electron chi connectivity index (χ3n) is 3.58. The van der Waals surface area contributed by atoms with E-state index in [0.717, 1.165) is 22.0 Å². The van der Waals surface area contributed by atoms with Gasteiger partial charge in [0, 0.05) is 23.9 Å². The molecule has 1 unspecified atom stereocenters. The molecule has 8 heteroatoms. The molecule has 0 aliphatic carbocycles. The van der Waals surface area contributed by atoms with Crippen LogP contribution in [0.2, 0.25) is 0 Å². The van der Waals surface area contributed by atoms with E-state index in [4.69, 9.17) is 9.47 Å². The fourth-order valence-electron chi connectivity index (χ4n) is 2.33. The maximum Gasteiger partial charge on any atom is 0.315 e. The molecule has 0 saturated heterocycles. The number of ether oxygens (including phenoxy) is 2. The van der Waals surface area contributed by atoms with E-state index >= 15 is 0 Å². The van der Waals surface area contributed by atoms with E-state index in [1.165, 1.54) is 0 Å². The molecular formula is C17H24ClN3O3S. The molecule has 1 atom stereocenters. The number of carbonyl (C=O) groups excluding carboxylic acids is 1. The molecule has 25 heavy (non-hydrogen) atoms. The standard InChI is InChI=1S/C17H23N3O3S.ClH/c1-11(15-9-14(22-3)5-6-16(15)23-4)19-17(21)18-8-7-13-10-24-12(2)20-13;/h5-6,9-11H,7-8H2,1-4H3,(H2,18,19,21);1H. The van der Waals surface area contributed by atoms with Crippen molar-refractivity contribution in [2.24, 2.45) is 0 Å². The number of carbonyl (C=O) groups is 1. The van der Waals surface area contributed by atoms with Crippen LogP contribution in [-0.4, -0.2) is 31.8 Å².